The Labute approximate surface area is 401 Å². The van der Waals surface area contributed by atoms with Crippen LogP contribution in [0.1, 0.15) is 133 Å². The largest absolute Gasteiger partial charge is 0.459 e. The Kier molecular flexibility index (Phi) is 20.3. The maximum absolute atomic E-state index is 14.9. The number of benzene rings is 3. The van der Waals surface area contributed by atoms with Crippen LogP contribution in [0.3, 0.4) is 0 Å². The summed E-state index contributed by atoms with van der Waals surface area (Å²) in [6.45, 7) is 6.69. The van der Waals surface area contributed by atoms with Crippen LogP contribution in [0.2, 0.25) is 0 Å². The van der Waals surface area contributed by atoms with E-state index in [-0.39, 0.29) is 62.8 Å². The maximum Gasteiger partial charge on any atom is 0.410 e. The van der Waals surface area contributed by atoms with Gasteiger partial charge in [0.2, 0.25) is 5.79 Å². The van der Waals surface area contributed by atoms with Gasteiger partial charge >= 0.3 is 6.09 Å². The molecule has 1 heterocycles. The number of allylic oxidation sites excluding steroid dienone is 1. The van der Waals surface area contributed by atoms with Crippen LogP contribution in [-0.2, 0) is 20.9 Å². The molecule has 0 spiro atoms. The van der Waals surface area contributed by atoms with Crippen molar-refractivity contribution in [2.24, 2.45) is 22.9 Å². The van der Waals surface area contributed by atoms with E-state index in [4.69, 9.17) is 23.8 Å². The van der Waals surface area contributed by atoms with E-state index in [2.05, 4.69) is 24.7 Å². The monoisotopic (exact) mass is 942 g/mol. The fourth-order valence-electron chi connectivity index (χ4n) is 10.5. The van der Waals surface area contributed by atoms with Crippen LogP contribution in [0.25, 0.3) is 0 Å². The first-order valence-electron chi connectivity index (χ1n) is 24.9. The number of non-ortho nitro benzene ring substituents is 1. The molecule has 0 aromatic heterocycles. The fraction of sp³-hybridized carbons (Fsp3) is 0.556. The quantitative estimate of drug-likeness (QED) is 0.0296. The molecule has 0 radical (unpaired) electrons. The topological polar surface area (TPSA) is 162 Å². The van der Waals surface area contributed by atoms with Crippen LogP contribution < -0.4 is 9.47 Å². The van der Waals surface area contributed by atoms with Crippen molar-refractivity contribution >= 4 is 17.5 Å². The van der Waals surface area contributed by atoms with Crippen molar-refractivity contribution < 1.29 is 48.1 Å². The first kappa shape index (κ1) is 52.1. The van der Waals surface area contributed by atoms with E-state index in [9.17, 15) is 29.5 Å². The number of hydrogen-bond donors (Lipinski definition) is 2. The van der Waals surface area contributed by atoms with Gasteiger partial charge in [0, 0.05) is 43.7 Å². The molecule has 1 aliphatic heterocycles. The summed E-state index contributed by atoms with van der Waals surface area (Å²) in [4.78, 5) is 33.3. The third-order valence-corrected chi connectivity index (χ3v) is 13.7. The lowest BCUT2D eigenvalue weighted by Gasteiger charge is -2.59. The molecule has 6 rings (SSSR count). The predicted octanol–water partition coefficient (Wildman–Crippen LogP) is 12.3. The lowest BCUT2D eigenvalue weighted by Crippen LogP contribution is -2.70. The van der Waals surface area contributed by atoms with Gasteiger partial charge in [0.05, 0.1) is 35.8 Å². The van der Waals surface area contributed by atoms with Crippen LogP contribution >= 0.6 is 0 Å². The number of oxime groups is 1. The Morgan fingerprint density at radius 2 is 1.62 bits per heavy atom. The minimum absolute atomic E-state index is 0.000780. The zero-order chi connectivity index (χ0) is 48.3. The van der Waals surface area contributed by atoms with E-state index >= 15 is 0 Å². The number of nitro benzene ring substituents is 1. The van der Waals surface area contributed by atoms with Crippen molar-refractivity contribution in [3.63, 3.8) is 0 Å². The highest BCUT2D eigenvalue weighted by Crippen LogP contribution is 2.62. The molecule has 1 saturated carbocycles. The van der Waals surface area contributed by atoms with Gasteiger partial charge in [0.15, 0.2) is 0 Å². The number of halogens is 1. The van der Waals surface area contributed by atoms with Crippen molar-refractivity contribution in [3.8, 4) is 17.2 Å². The minimum Gasteiger partial charge on any atom is -0.459 e. The first-order valence-corrected chi connectivity index (χ1v) is 24.9. The summed E-state index contributed by atoms with van der Waals surface area (Å²) in [7, 11) is 1.50. The highest BCUT2D eigenvalue weighted by molar-refractivity contribution is 6.03. The Morgan fingerprint density at radius 3 is 2.29 bits per heavy atom. The van der Waals surface area contributed by atoms with Crippen LogP contribution in [0.15, 0.2) is 96.2 Å². The van der Waals surface area contributed by atoms with Crippen molar-refractivity contribution in [2.75, 3.05) is 33.5 Å². The van der Waals surface area contributed by atoms with Crippen LogP contribution in [-0.4, -0.2) is 77.2 Å². The summed E-state index contributed by atoms with van der Waals surface area (Å²) in [6.07, 6.45) is 19.1. The van der Waals surface area contributed by atoms with Crippen LogP contribution in [0.5, 0.6) is 17.2 Å². The molecule has 0 bridgehead atoms. The highest BCUT2D eigenvalue weighted by Gasteiger charge is 2.65. The highest BCUT2D eigenvalue weighted by atomic mass is 19.1. The molecule has 2 aliphatic carbocycles. The van der Waals surface area contributed by atoms with E-state index in [1.165, 1.54) is 69.9 Å². The zero-order valence-corrected chi connectivity index (χ0v) is 40.0. The van der Waals surface area contributed by atoms with Gasteiger partial charge in [-0.2, -0.15) is 0 Å². The second-order valence-corrected chi connectivity index (χ2v) is 18.4. The minimum atomic E-state index is -1.55. The van der Waals surface area contributed by atoms with E-state index in [0.717, 1.165) is 56.1 Å². The number of unbranched alkanes of at least 4 members (excludes halogenated alkanes) is 11. The molecule has 6 unspecified atom stereocenters. The average molecular weight is 942 g/mol. The zero-order valence-electron chi connectivity index (χ0n) is 40.0. The summed E-state index contributed by atoms with van der Waals surface area (Å²) in [5.74, 6) is -1.66. The van der Waals surface area contributed by atoms with Gasteiger partial charge in [0.1, 0.15) is 36.2 Å². The number of nitrogens with zero attached hydrogens (tertiary/aromatic N) is 3. The molecule has 370 valence electrons. The Balaban J connectivity index is 1.44. The number of hydrogen-bond acceptors (Lipinski definition) is 11. The molecule has 3 aromatic rings. The molecular weight excluding hydrogens is 870 g/mol. The second-order valence-electron chi connectivity index (χ2n) is 18.4. The smallest absolute Gasteiger partial charge is 0.410 e. The Bertz CT molecular complexity index is 2150. The fourth-order valence-corrected chi connectivity index (χ4v) is 10.5. The maximum atomic E-state index is 14.9. The third-order valence-electron chi connectivity index (χ3n) is 13.7. The van der Waals surface area contributed by atoms with E-state index in [1.807, 2.05) is 12.1 Å². The van der Waals surface area contributed by atoms with E-state index in [1.54, 1.807) is 41.3 Å². The summed E-state index contributed by atoms with van der Waals surface area (Å²) < 4.78 is 41.3. The van der Waals surface area contributed by atoms with Crippen LogP contribution in [0.4, 0.5) is 14.9 Å². The number of aliphatic hydroxyl groups is 2. The van der Waals surface area contributed by atoms with Crippen LogP contribution in [0, 0.1) is 33.7 Å². The number of rotatable bonds is 29. The van der Waals surface area contributed by atoms with Crippen molar-refractivity contribution in [1.29, 1.82) is 0 Å². The van der Waals surface area contributed by atoms with Gasteiger partial charge in [0.25, 0.3) is 5.69 Å². The van der Waals surface area contributed by atoms with Gasteiger partial charge < -0.3 is 34.0 Å². The normalized spacial score (nSPS) is 22.0. The molecule has 2 N–H and O–H groups in total. The summed E-state index contributed by atoms with van der Waals surface area (Å²) in [5, 5.41) is 36.2. The number of carbonyl (C=O) groups excluding carboxylic acids is 1. The number of amides is 1. The van der Waals surface area contributed by atoms with Crippen molar-refractivity contribution in [1.82, 2.24) is 4.90 Å². The molecule has 0 saturated heterocycles. The predicted molar refractivity (Wildman–Crippen MR) is 260 cm³/mol. The molecule has 68 heavy (non-hydrogen) atoms. The van der Waals surface area contributed by atoms with Gasteiger partial charge in [-0.25, -0.2) is 9.18 Å². The lowest BCUT2D eigenvalue weighted by molar-refractivity contribution is -0.384. The molecule has 3 aromatic carbocycles. The first-order chi connectivity index (χ1) is 33.2. The summed E-state index contributed by atoms with van der Waals surface area (Å²) in [6, 6.07) is 16.7. The average Bonchev–Trinajstić information content (AvgIpc) is 3.34. The third kappa shape index (κ3) is 13.3. The number of carbonyl (C=O) groups is 1. The molecule has 14 heteroatoms. The number of ether oxygens (including phenoxy) is 4. The number of nitro groups is 1. The molecule has 1 amide bonds. The standard InChI is InChI=1S/C54H72FN3O10/c1-4-6-7-8-9-10-11-12-13-18-33-65-53(61)57(38-39-24-26-41(55)27-25-39)50-37-48(56-64-3)46-34-40(20-14-16-30-59)45(23-15-17-31-60)51-47-36-44(67-43-22-19-21-42(35-43)58(62)63)28-29-49(47)68-54(50,52(46)51)66-32-5-2/h5,19,21-22,24-29,34-36,40,45,50-52,59-60H,2,4,6-18,20,23,30-33,37-38H2,1,3H3. The van der Waals surface area contributed by atoms with Crippen molar-refractivity contribution in [3.05, 3.63) is 118 Å². The van der Waals surface area contributed by atoms with E-state index in [0.29, 0.717) is 47.8 Å². The molecule has 1 fully saturated rings. The van der Waals surface area contributed by atoms with E-state index < -0.39 is 34.6 Å². The summed E-state index contributed by atoms with van der Waals surface area (Å²) >= 11 is 0. The Morgan fingerprint density at radius 1 is 0.926 bits per heavy atom. The van der Waals surface area contributed by atoms with Gasteiger partial charge in [-0.1, -0.05) is 113 Å². The molecular formula is C54H72FN3O10. The van der Waals surface area contributed by atoms with Crippen molar-refractivity contribution in [2.45, 2.75) is 140 Å². The SMILES string of the molecule is C=CCOC12Oc3ccc(Oc4cccc([N+](=O)[O-])c4)cc3C3C(CCCCO)C(CCCCO)C=C(C(=NOC)CC1N(Cc1ccc(F)cc1)C(=O)OCCCCCCCCCCCC)C32. The second kappa shape index (κ2) is 26.4. The lowest BCUT2D eigenvalue weighted by atomic mass is 9.55. The van der Waals surface area contributed by atoms with Gasteiger partial charge in [-0.15, -0.1) is 6.58 Å². The summed E-state index contributed by atoms with van der Waals surface area (Å²) in [5.41, 5.74) is 2.89. The molecule has 6 atom stereocenters. The molecule has 13 nitrogen and oxygen atoms in total. The van der Waals surface area contributed by atoms with Gasteiger partial charge in [-0.3, -0.25) is 15.0 Å². The van der Waals surface area contributed by atoms with Gasteiger partial charge in [-0.05, 0) is 91.5 Å². The molecule has 3 aliphatic rings. The Hall–Kier alpha value is -5.31. The number of aliphatic hydroxyl groups excluding tert-OH is 2. The number of fused-ring (bicyclic) bond motifs is 2.